The predicted molar refractivity (Wildman–Crippen MR) is 84.7 cm³/mol. The van der Waals surface area contributed by atoms with Gasteiger partial charge in [-0.05, 0) is 37.5 Å². The van der Waals surface area contributed by atoms with Gasteiger partial charge in [0.2, 0.25) is 5.88 Å². The molecule has 1 aromatic carbocycles. The number of hydrogen-bond acceptors (Lipinski definition) is 4. The van der Waals surface area contributed by atoms with E-state index in [1.165, 1.54) is 0 Å². The number of nitrogen functional groups attached to an aromatic ring is 1. The van der Waals surface area contributed by atoms with Crippen LogP contribution in [0.15, 0.2) is 34.9 Å². The number of nitrogens with zero attached hydrogens (tertiary/aromatic N) is 2. The van der Waals surface area contributed by atoms with Gasteiger partial charge in [0.05, 0.1) is 5.69 Å². The molecule has 2 amide bonds. The van der Waals surface area contributed by atoms with Gasteiger partial charge in [0.15, 0.2) is 0 Å². The van der Waals surface area contributed by atoms with Crippen LogP contribution in [0.25, 0.3) is 0 Å². The molecule has 1 fully saturated rings. The van der Waals surface area contributed by atoms with Crippen molar-refractivity contribution in [2.45, 2.75) is 25.7 Å². The number of anilines is 2. The van der Waals surface area contributed by atoms with Gasteiger partial charge in [-0.25, -0.2) is 4.79 Å². The molecule has 6 heteroatoms. The smallest absolute Gasteiger partial charge is 0.321 e. The maximum Gasteiger partial charge on any atom is 0.321 e. The molecule has 2 aromatic rings. The first kappa shape index (κ1) is 14.4. The number of aromatic nitrogens is 1. The number of nitrogens with two attached hydrogens (primary N) is 1. The van der Waals surface area contributed by atoms with Gasteiger partial charge >= 0.3 is 6.03 Å². The van der Waals surface area contributed by atoms with E-state index in [0.717, 1.165) is 29.8 Å². The van der Waals surface area contributed by atoms with E-state index < -0.39 is 0 Å². The maximum absolute atomic E-state index is 12.3. The Bertz CT molecular complexity index is 660. The molecule has 6 nitrogen and oxygen atoms in total. The fourth-order valence-corrected chi connectivity index (χ4v) is 2.80. The Balaban J connectivity index is 1.55. The molecule has 0 atom stereocenters. The van der Waals surface area contributed by atoms with Crippen LogP contribution in [0.4, 0.5) is 16.4 Å². The Kier molecular flexibility index (Phi) is 4.00. The van der Waals surface area contributed by atoms with Crippen molar-refractivity contribution in [1.82, 2.24) is 10.1 Å². The molecule has 0 bridgehead atoms. The van der Waals surface area contributed by atoms with Crippen molar-refractivity contribution in [1.29, 1.82) is 0 Å². The van der Waals surface area contributed by atoms with Gasteiger partial charge in [-0.1, -0.05) is 17.3 Å². The number of hydrogen-bond donors (Lipinski definition) is 2. The summed E-state index contributed by atoms with van der Waals surface area (Å²) < 4.78 is 4.92. The van der Waals surface area contributed by atoms with Crippen molar-refractivity contribution in [3.63, 3.8) is 0 Å². The predicted octanol–water partition coefficient (Wildman–Crippen LogP) is 2.98. The van der Waals surface area contributed by atoms with Crippen molar-refractivity contribution < 1.29 is 9.32 Å². The molecule has 0 unspecified atom stereocenters. The minimum Gasteiger partial charge on any atom is -0.368 e. The van der Waals surface area contributed by atoms with Crippen LogP contribution in [0.5, 0.6) is 0 Å². The van der Waals surface area contributed by atoms with E-state index in [2.05, 4.69) is 10.5 Å². The molecule has 0 radical (unpaired) electrons. The Morgan fingerprint density at radius 1 is 1.36 bits per heavy atom. The molecular formula is C16H20N4O2. The lowest BCUT2D eigenvalue weighted by Crippen LogP contribution is -2.40. The second-order valence-electron chi connectivity index (χ2n) is 5.72. The van der Waals surface area contributed by atoms with Crippen molar-refractivity contribution in [2.24, 2.45) is 0 Å². The van der Waals surface area contributed by atoms with E-state index in [9.17, 15) is 4.79 Å². The average Bonchev–Trinajstić information content (AvgIpc) is 2.94. The Morgan fingerprint density at radius 2 is 2.14 bits per heavy atom. The summed E-state index contributed by atoms with van der Waals surface area (Å²) in [7, 11) is 0. The highest BCUT2D eigenvalue weighted by atomic mass is 16.5. The van der Waals surface area contributed by atoms with Crippen LogP contribution < -0.4 is 11.1 Å². The van der Waals surface area contributed by atoms with Gasteiger partial charge in [-0.3, -0.25) is 0 Å². The van der Waals surface area contributed by atoms with Gasteiger partial charge in [0, 0.05) is 30.8 Å². The monoisotopic (exact) mass is 300 g/mol. The second kappa shape index (κ2) is 6.09. The number of likely N-dealkylation sites (tertiary alicyclic amines) is 1. The number of benzene rings is 1. The molecule has 3 N–H and O–H groups in total. The van der Waals surface area contributed by atoms with Gasteiger partial charge in [-0.2, -0.15) is 0 Å². The first-order valence-electron chi connectivity index (χ1n) is 7.46. The summed E-state index contributed by atoms with van der Waals surface area (Å²) >= 11 is 0. The number of carbonyl (C=O) groups excluding carboxylic acids is 1. The van der Waals surface area contributed by atoms with Gasteiger partial charge in [0.25, 0.3) is 0 Å². The molecule has 116 valence electrons. The third-order valence-corrected chi connectivity index (χ3v) is 4.02. The molecule has 2 heterocycles. The summed E-state index contributed by atoms with van der Waals surface area (Å²) in [5.41, 5.74) is 8.40. The highest BCUT2D eigenvalue weighted by Gasteiger charge is 2.25. The van der Waals surface area contributed by atoms with Crippen LogP contribution >= 0.6 is 0 Å². The first-order chi connectivity index (χ1) is 10.6. The number of nitrogens with one attached hydrogen (secondary N) is 1. The number of carbonyl (C=O) groups is 1. The fourth-order valence-electron chi connectivity index (χ4n) is 2.80. The third kappa shape index (κ3) is 3.21. The Hall–Kier alpha value is -2.50. The van der Waals surface area contributed by atoms with Gasteiger partial charge < -0.3 is 20.5 Å². The number of rotatable bonds is 2. The highest BCUT2D eigenvalue weighted by molar-refractivity contribution is 5.89. The fraction of sp³-hybridized carbons (Fsp3) is 0.375. The summed E-state index contributed by atoms with van der Waals surface area (Å²) in [6, 6.07) is 9.52. The van der Waals surface area contributed by atoms with Crippen molar-refractivity contribution in [3.05, 3.63) is 41.6 Å². The largest absolute Gasteiger partial charge is 0.368 e. The molecule has 0 saturated carbocycles. The van der Waals surface area contributed by atoms with E-state index in [4.69, 9.17) is 10.3 Å². The lowest BCUT2D eigenvalue weighted by Gasteiger charge is -2.31. The maximum atomic E-state index is 12.3. The topological polar surface area (TPSA) is 84.4 Å². The van der Waals surface area contributed by atoms with E-state index in [1.54, 1.807) is 6.07 Å². The lowest BCUT2D eigenvalue weighted by atomic mass is 9.94. The average molecular weight is 300 g/mol. The van der Waals surface area contributed by atoms with Crippen molar-refractivity contribution in [2.75, 3.05) is 24.1 Å². The van der Waals surface area contributed by atoms with E-state index in [0.29, 0.717) is 24.9 Å². The van der Waals surface area contributed by atoms with E-state index >= 15 is 0 Å². The molecule has 1 saturated heterocycles. The number of amides is 2. The normalized spacial score (nSPS) is 15.8. The highest BCUT2D eigenvalue weighted by Crippen LogP contribution is 2.28. The first-order valence-corrected chi connectivity index (χ1v) is 7.46. The minimum absolute atomic E-state index is 0.0521. The van der Waals surface area contributed by atoms with Crippen molar-refractivity contribution >= 4 is 17.6 Å². The van der Waals surface area contributed by atoms with E-state index in [-0.39, 0.29) is 6.03 Å². The zero-order valence-electron chi connectivity index (χ0n) is 12.6. The van der Waals surface area contributed by atoms with Crippen LogP contribution in [-0.2, 0) is 0 Å². The minimum atomic E-state index is -0.0521. The van der Waals surface area contributed by atoms with Crippen LogP contribution in [0.2, 0.25) is 0 Å². The lowest BCUT2D eigenvalue weighted by molar-refractivity contribution is 0.193. The molecule has 0 spiro atoms. The van der Waals surface area contributed by atoms with E-state index in [1.807, 2.05) is 36.1 Å². The molecule has 1 aliphatic heterocycles. The van der Waals surface area contributed by atoms with Crippen molar-refractivity contribution in [3.8, 4) is 0 Å². The van der Waals surface area contributed by atoms with Crippen LogP contribution in [0.3, 0.4) is 0 Å². The zero-order valence-corrected chi connectivity index (χ0v) is 12.6. The molecule has 3 rings (SSSR count). The SMILES string of the molecule is Cc1cccc(NC(=O)N2CCC(c3cc(N)on3)CC2)c1. The third-order valence-electron chi connectivity index (χ3n) is 4.02. The quantitative estimate of drug-likeness (QED) is 0.893. The standard InChI is InChI=1S/C16H20N4O2/c1-11-3-2-4-13(9-11)18-16(21)20-7-5-12(6-8-20)14-10-15(17)22-19-14/h2-4,9-10,12H,5-8,17H2,1H3,(H,18,21). The molecule has 0 aliphatic carbocycles. The number of urea groups is 1. The summed E-state index contributed by atoms with van der Waals surface area (Å²) in [5, 5.41) is 6.91. The number of piperidine rings is 1. The van der Waals surface area contributed by atoms with Crippen LogP contribution in [0.1, 0.15) is 30.0 Å². The summed E-state index contributed by atoms with van der Waals surface area (Å²) in [6.07, 6.45) is 1.74. The zero-order chi connectivity index (χ0) is 15.5. The van der Waals surface area contributed by atoms with Gasteiger partial charge in [0.1, 0.15) is 0 Å². The van der Waals surface area contributed by atoms with Gasteiger partial charge in [-0.15, -0.1) is 0 Å². The second-order valence-corrected chi connectivity index (χ2v) is 5.72. The molecular weight excluding hydrogens is 280 g/mol. The molecule has 1 aliphatic rings. The van der Waals surface area contributed by atoms with Crippen LogP contribution in [0, 0.1) is 6.92 Å². The Morgan fingerprint density at radius 3 is 2.77 bits per heavy atom. The molecule has 22 heavy (non-hydrogen) atoms. The summed E-state index contributed by atoms with van der Waals surface area (Å²) in [6.45, 7) is 3.41. The number of aryl methyl sites for hydroxylation is 1. The summed E-state index contributed by atoms with van der Waals surface area (Å²) in [5.74, 6) is 0.652. The van der Waals surface area contributed by atoms with Crippen LogP contribution in [-0.4, -0.2) is 29.2 Å². The Labute approximate surface area is 129 Å². The molecule has 1 aromatic heterocycles. The summed E-state index contributed by atoms with van der Waals surface area (Å²) in [4.78, 5) is 14.1.